The molecule has 0 aliphatic heterocycles. The smallest absolute Gasteiger partial charge is 0.0385 e. The summed E-state index contributed by atoms with van der Waals surface area (Å²) >= 11 is 0. The minimum Gasteiger partial charge on any atom is -0.301 e. The molecule has 0 fully saturated rings. The van der Waals surface area contributed by atoms with Crippen LogP contribution in [0.25, 0.3) is 0 Å². The van der Waals surface area contributed by atoms with Gasteiger partial charge in [-0.05, 0) is 32.7 Å². The van der Waals surface area contributed by atoms with E-state index in [0.29, 0.717) is 0 Å². The molecular weight excluding hydrogens is 136 g/mol. The second-order valence-electron chi connectivity index (χ2n) is 2.53. The van der Waals surface area contributed by atoms with Crippen LogP contribution in [0.5, 0.6) is 0 Å². The molecule has 0 aromatic carbocycles. The van der Waals surface area contributed by atoms with Crippen LogP contribution in [0, 0.1) is 0 Å². The van der Waals surface area contributed by atoms with E-state index in [1.54, 1.807) is 0 Å². The molecule has 11 heavy (non-hydrogen) atoms. The van der Waals surface area contributed by atoms with Crippen molar-refractivity contribution in [2.45, 2.75) is 32.6 Å². The number of nitrogens with zero attached hydrogens (tertiary/aromatic N) is 2. The molecule has 0 amide bonds. The van der Waals surface area contributed by atoms with Crippen molar-refractivity contribution in [1.29, 1.82) is 0 Å². The maximum Gasteiger partial charge on any atom is 0.0385 e. The summed E-state index contributed by atoms with van der Waals surface area (Å²) in [5.74, 6) is 0. The lowest BCUT2D eigenvalue weighted by atomic mass is 10.2. The molecule has 0 heterocycles. The predicted octanol–water partition coefficient (Wildman–Crippen LogP) is 2.34. The van der Waals surface area contributed by atoms with Gasteiger partial charge in [0.2, 0.25) is 0 Å². The zero-order chi connectivity index (χ0) is 8.36. The third-order valence-corrected chi connectivity index (χ3v) is 1.54. The normalized spacial score (nSPS) is 10.6. The topological polar surface area (TPSA) is 24.7 Å². The molecule has 0 saturated heterocycles. The molecule has 0 N–H and O–H groups in total. The van der Waals surface area contributed by atoms with Crippen LogP contribution < -0.4 is 0 Å². The molecule has 0 aliphatic carbocycles. The molecule has 0 atom stereocenters. The molecule has 0 unspecified atom stereocenters. The molecule has 0 spiro atoms. The summed E-state index contributed by atoms with van der Waals surface area (Å²) in [7, 11) is 0. The van der Waals surface area contributed by atoms with Crippen LogP contribution in [0.3, 0.4) is 0 Å². The second kappa shape index (κ2) is 9.34. The van der Waals surface area contributed by atoms with Gasteiger partial charge < -0.3 is 4.99 Å². The fraction of sp³-hybridized carbons (Fsp3) is 0.778. The maximum atomic E-state index is 4.13. The molecule has 0 rings (SSSR count). The van der Waals surface area contributed by atoms with Crippen molar-refractivity contribution in [3.8, 4) is 0 Å². The average Bonchev–Trinajstić information content (AvgIpc) is 2.03. The highest BCUT2D eigenvalue weighted by Crippen LogP contribution is 1.99. The van der Waals surface area contributed by atoms with Gasteiger partial charge in [-0.1, -0.05) is 12.8 Å². The Balaban J connectivity index is 2.84. The van der Waals surface area contributed by atoms with Gasteiger partial charge in [0.25, 0.3) is 0 Å². The Hall–Kier alpha value is -0.660. The van der Waals surface area contributed by atoms with Gasteiger partial charge in [0.1, 0.15) is 0 Å². The number of hydrogen-bond donors (Lipinski definition) is 0. The Morgan fingerprint density at radius 1 is 1.09 bits per heavy atom. The lowest BCUT2D eigenvalue weighted by Gasteiger charge is -1.95. The first-order valence-electron chi connectivity index (χ1n) is 4.28. The van der Waals surface area contributed by atoms with E-state index in [1.165, 1.54) is 25.7 Å². The minimum atomic E-state index is 0.914. The van der Waals surface area contributed by atoms with Crippen LogP contribution in [0.15, 0.2) is 9.98 Å². The largest absolute Gasteiger partial charge is 0.301 e. The molecule has 64 valence electrons. The number of aliphatic imine (C=N–C) groups is 2. The summed E-state index contributed by atoms with van der Waals surface area (Å²) < 4.78 is 0. The lowest BCUT2D eigenvalue weighted by Crippen LogP contribution is -1.84. The molecule has 2 heteroatoms. The second-order valence-corrected chi connectivity index (χ2v) is 2.53. The Morgan fingerprint density at radius 2 is 1.73 bits per heavy atom. The zero-order valence-electron chi connectivity index (χ0n) is 7.42. The molecule has 0 saturated carbocycles. The van der Waals surface area contributed by atoms with E-state index in [9.17, 15) is 0 Å². The number of unbranched alkanes of at least 4 members (excludes halogenated alkanes) is 3. The Morgan fingerprint density at radius 3 is 2.27 bits per heavy atom. The van der Waals surface area contributed by atoms with Gasteiger partial charge in [-0.25, -0.2) is 0 Å². The third-order valence-electron chi connectivity index (χ3n) is 1.54. The summed E-state index contributed by atoms with van der Waals surface area (Å²) in [6.07, 6.45) is 6.79. The van der Waals surface area contributed by atoms with E-state index >= 15 is 0 Å². The van der Waals surface area contributed by atoms with Gasteiger partial charge in [-0.2, -0.15) is 0 Å². The van der Waals surface area contributed by atoms with Gasteiger partial charge in [-0.3, -0.25) is 4.99 Å². The Bertz CT molecular complexity index is 108. The summed E-state index contributed by atoms with van der Waals surface area (Å²) in [4.78, 5) is 7.92. The molecular formula is C9H18N2. The van der Waals surface area contributed by atoms with Crippen molar-refractivity contribution in [2.75, 3.05) is 13.1 Å². The molecule has 0 bridgehead atoms. The van der Waals surface area contributed by atoms with Crippen molar-refractivity contribution in [3.63, 3.8) is 0 Å². The highest BCUT2D eigenvalue weighted by Gasteiger charge is 1.86. The Labute approximate surface area is 69.4 Å². The molecule has 0 aromatic heterocycles. The van der Waals surface area contributed by atoms with Crippen molar-refractivity contribution in [2.24, 2.45) is 9.98 Å². The predicted molar refractivity (Wildman–Crippen MR) is 51.9 cm³/mol. The SMILES string of the molecule is C=NCCCCCC/N=C\C. The van der Waals surface area contributed by atoms with E-state index in [4.69, 9.17) is 0 Å². The van der Waals surface area contributed by atoms with Gasteiger partial charge >= 0.3 is 0 Å². The fourth-order valence-electron chi connectivity index (χ4n) is 0.909. The van der Waals surface area contributed by atoms with Gasteiger partial charge in [-0.15, -0.1) is 0 Å². The summed E-state index contributed by atoms with van der Waals surface area (Å²) in [6, 6.07) is 0. The fourth-order valence-corrected chi connectivity index (χ4v) is 0.909. The number of hydrogen-bond acceptors (Lipinski definition) is 2. The van der Waals surface area contributed by atoms with E-state index in [1.807, 2.05) is 13.1 Å². The van der Waals surface area contributed by atoms with E-state index in [2.05, 4.69) is 16.7 Å². The maximum absolute atomic E-state index is 4.13. The summed E-state index contributed by atoms with van der Waals surface area (Å²) in [6.45, 7) is 7.29. The van der Waals surface area contributed by atoms with Crippen molar-refractivity contribution < 1.29 is 0 Å². The van der Waals surface area contributed by atoms with Gasteiger partial charge in [0, 0.05) is 13.1 Å². The molecule has 0 aromatic rings. The van der Waals surface area contributed by atoms with Crippen molar-refractivity contribution in [1.82, 2.24) is 0 Å². The molecule has 2 nitrogen and oxygen atoms in total. The van der Waals surface area contributed by atoms with Crippen LogP contribution in [0.1, 0.15) is 32.6 Å². The first-order valence-corrected chi connectivity index (χ1v) is 4.28. The summed E-state index contributed by atoms with van der Waals surface area (Å²) in [5.41, 5.74) is 0. The van der Waals surface area contributed by atoms with Crippen molar-refractivity contribution >= 4 is 12.9 Å². The standard InChI is InChI=1S/C9H18N2/c1-3-11-9-7-5-4-6-8-10-2/h3H,2,4-9H2,1H3/b11-3-. The van der Waals surface area contributed by atoms with Crippen LogP contribution in [0.2, 0.25) is 0 Å². The van der Waals surface area contributed by atoms with E-state index in [0.717, 1.165) is 13.1 Å². The third kappa shape index (κ3) is 9.34. The quantitative estimate of drug-likeness (QED) is 0.397. The summed E-state index contributed by atoms with van der Waals surface area (Å²) in [5, 5.41) is 0. The monoisotopic (exact) mass is 154 g/mol. The van der Waals surface area contributed by atoms with Gasteiger partial charge in [0.15, 0.2) is 0 Å². The number of rotatable bonds is 7. The first-order chi connectivity index (χ1) is 5.41. The average molecular weight is 154 g/mol. The Kier molecular flexibility index (Phi) is 8.78. The first kappa shape index (κ1) is 10.3. The van der Waals surface area contributed by atoms with E-state index in [-0.39, 0.29) is 0 Å². The molecule has 0 radical (unpaired) electrons. The van der Waals surface area contributed by atoms with E-state index < -0.39 is 0 Å². The lowest BCUT2D eigenvalue weighted by molar-refractivity contribution is 0.655. The van der Waals surface area contributed by atoms with Gasteiger partial charge in [0.05, 0.1) is 0 Å². The van der Waals surface area contributed by atoms with Crippen LogP contribution >= 0.6 is 0 Å². The molecule has 0 aliphatic rings. The van der Waals surface area contributed by atoms with Crippen molar-refractivity contribution in [3.05, 3.63) is 0 Å². The van der Waals surface area contributed by atoms with Crippen LogP contribution in [-0.4, -0.2) is 26.0 Å². The zero-order valence-corrected chi connectivity index (χ0v) is 7.42. The minimum absolute atomic E-state index is 0.914. The highest BCUT2D eigenvalue weighted by molar-refractivity contribution is 5.53. The van der Waals surface area contributed by atoms with Crippen LogP contribution in [-0.2, 0) is 0 Å². The van der Waals surface area contributed by atoms with Crippen LogP contribution in [0.4, 0.5) is 0 Å². The highest BCUT2D eigenvalue weighted by atomic mass is 14.7.